The van der Waals surface area contributed by atoms with Gasteiger partial charge in [-0.2, -0.15) is 0 Å². The molecule has 1 N–H and O–H groups in total. The van der Waals surface area contributed by atoms with Crippen LogP contribution in [0.25, 0.3) is 0 Å². The molecule has 144 valence electrons. The van der Waals surface area contributed by atoms with Gasteiger partial charge in [-0.1, -0.05) is 0 Å². The highest BCUT2D eigenvalue weighted by Gasteiger charge is 2.37. The quantitative estimate of drug-likeness (QED) is 0.578. The highest BCUT2D eigenvalue weighted by molar-refractivity contribution is 5.94. The van der Waals surface area contributed by atoms with Crippen LogP contribution in [0.5, 0.6) is 11.5 Å². The summed E-state index contributed by atoms with van der Waals surface area (Å²) in [6.45, 7) is 5.81. The van der Waals surface area contributed by atoms with Gasteiger partial charge in [-0.05, 0) is 43.4 Å². The Kier molecular flexibility index (Phi) is 7.29. The molecule has 3 rings (SSSR count). The first-order valence-corrected chi connectivity index (χ1v) is 8.88. The summed E-state index contributed by atoms with van der Waals surface area (Å²) in [4.78, 5) is 25.7. The van der Waals surface area contributed by atoms with Gasteiger partial charge in [0.15, 0.2) is 17.3 Å². The van der Waals surface area contributed by atoms with Crippen LogP contribution in [-0.2, 0) is 4.79 Å². The van der Waals surface area contributed by atoms with Crippen LogP contribution in [0.15, 0.2) is 18.2 Å². The van der Waals surface area contributed by atoms with E-state index in [1.807, 2.05) is 4.90 Å². The van der Waals surface area contributed by atoms with Gasteiger partial charge in [0.05, 0.1) is 13.7 Å². The van der Waals surface area contributed by atoms with E-state index < -0.39 is 0 Å². The molecule has 6 nitrogen and oxygen atoms in total. The van der Waals surface area contributed by atoms with E-state index >= 15 is 0 Å². The van der Waals surface area contributed by atoms with E-state index in [2.05, 4.69) is 5.32 Å². The predicted octanol–water partition coefficient (Wildman–Crippen LogP) is 2.16. The van der Waals surface area contributed by atoms with Crippen LogP contribution in [-0.4, -0.2) is 56.5 Å². The maximum atomic E-state index is 12.3. The molecule has 2 aliphatic rings. The van der Waals surface area contributed by atoms with E-state index in [-0.39, 0.29) is 24.1 Å². The second-order valence-electron chi connectivity index (χ2n) is 6.85. The molecule has 1 amide bonds. The molecule has 0 aliphatic carbocycles. The molecule has 2 heterocycles. The molecule has 0 bridgehead atoms. The van der Waals surface area contributed by atoms with Gasteiger partial charge in [0.2, 0.25) is 5.91 Å². The lowest BCUT2D eigenvalue weighted by Crippen LogP contribution is -2.31. The Bertz CT molecular complexity index is 640. The zero-order valence-corrected chi connectivity index (χ0v) is 16.1. The summed E-state index contributed by atoms with van der Waals surface area (Å²) < 4.78 is 11.0. The van der Waals surface area contributed by atoms with Gasteiger partial charge < -0.3 is 19.7 Å². The van der Waals surface area contributed by atoms with Crippen molar-refractivity contribution in [3.05, 3.63) is 23.8 Å². The standard InChI is InChI=1S/C19H26N2O4.ClH/c1-13(22)14-5-6-17(18(8-14)24-2)25-7-3-4-19(23)21-11-15-9-20-10-16(15)12-21;/h5-6,8,15-16,20H,3-4,7,9-12H2,1-2H3;1H/t15-,16+;. The summed E-state index contributed by atoms with van der Waals surface area (Å²) in [5.41, 5.74) is 0.591. The molecule has 2 atom stereocenters. The minimum absolute atomic E-state index is 0. The van der Waals surface area contributed by atoms with Crippen molar-refractivity contribution in [3.8, 4) is 11.5 Å². The third-order valence-electron chi connectivity index (χ3n) is 5.10. The topological polar surface area (TPSA) is 67.9 Å². The van der Waals surface area contributed by atoms with Crippen molar-refractivity contribution >= 4 is 24.1 Å². The van der Waals surface area contributed by atoms with Crippen molar-refractivity contribution in [1.82, 2.24) is 10.2 Å². The number of hydrogen-bond donors (Lipinski definition) is 1. The molecule has 2 saturated heterocycles. The van der Waals surface area contributed by atoms with Crippen molar-refractivity contribution in [3.63, 3.8) is 0 Å². The van der Waals surface area contributed by atoms with E-state index in [4.69, 9.17) is 9.47 Å². The van der Waals surface area contributed by atoms with Gasteiger partial charge in [-0.3, -0.25) is 9.59 Å². The fourth-order valence-corrected chi connectivity index (χ4v) is 3.63. The second kappa shape index (κ2) is 9.24. The van der Waals surface area contributed by atoms with E-state index in [0.717, 1.165) is 26.2 Å². The summed E-state index contributed by atoms with van der Waals surface area (Å²) in [7, 11) is 1.55. The zero-order chi connectivity index (χ0) is 17.8. The van der Waals surface area contributed by atoms with Crippen LogP contribution in [0.2, 0.25) is 0 Å². The number of nitrogens with zero attached hydrogens (tertiary/aromatic N) is 1. The number of nitrogens with one attached hydrogen (secondary N) is 1. The molecule has 1 aromatic rings. The predicted molar refractivity (Wildman–Crippen MR) is 101 cm³/mol. The van der Waals surface area contributed by atoms with Crippen LogP contribution < -0.4 is 14.8 Å². The number of likely N-dealkylation sites (tertiary alicyclic amines) is 1. The number of fused-ring (bicyclic) bond motifs is 1. The van der Waals surface area contributed by atoms with Crippen molar-refractivity contribution < 1.29 is 19.1 Å². The molecule has 26 heavy (non-hydrogen) atoms. The van der Waals surface area contributed by atoms with Gasteiger partial charge in [-0.25, -0.2) is 0 Å². The SMILES string of the molecule is COc1cc(C(C)=O)ccc1OCCCC(=O)N1C[C@H]2CNC[C@H]2C1.Cl. The number of rotatable bonds is 7. The Morgan fingerprint density at radius 3 is 2.50 bits per heavy atom. The summed E-state index contributed by atoms with van der Waals surface area (Å²) in [6, 6.07) is 5.15. The van der Waals surface area contributed by atoms with E-state index in [1.165, 1.54) is 6.92 Å². The lowest BCUT2D eigenvalue weighted by atomic mass is 10.0. The number of Topliss-reactive ketones (excluding diaryl/α,β-unsaturated/α-hetero) is 1. The summed E-state index contributed by atoms with van der Waals surface area (Å²) in [5.74, 6) is 2.60. The normalized spacial score (nSPS) is 21.1. The fraction of sp³-hybridized carbons (Fsp3) is 0.579. The number of ether oxygens (including phenoxy) is 2. The third-order valence-corrected chi connectivity index (χ3v) is 5.10. The first kappa shape index (κ1) is 20.5. The van der Waals surface area contributed by atoms with Crippen molar-refractivity contribution in [2.75, 3.05) is 39.9 Å². The number of carbonyl (C=O) groups excluding carboxylic acids is 2. The number of ketones is 1. The average molecular weight is 383 g/mol. The molecule has 0 radical (unpaired) electrons. The lowest BCUT2D eigenvalue weighted by molar-refractivity contribution is -0.130. The van der Waals surface area contributed by atoms with Crippen LogP contribution in [0.1, 0.15) is 30.1 Å². The van der Waals surface area contributed by atoms with Crippen LogP contribution in [0.4, 0.5) is 0 Å². The van der Waals surface area contributed by atoms with E-state index in [9.17, 15) is 9.59 Å². The summed E-state index contributed by atoms with van der Waals surface area (Å²) in [5, 5.41) is 3.38. The Morgan fingerprint density at radius 2 is 1.88 bits per heavy atom. The molecular formula is C19H27ClN2O4. The second-order valence-corrected chi connectivity index (χ2v) is 6.85. The molecular weight excluding hydrogens is 356 g/mol. The smallest absolute Gasteiger partial charge is 0.222 e. The molecule has 7 heteroatoms. The van der Waals surface area contributed by atoms with Gasteiger partial charge >= 0.3 is 0 Å². The molecule has 1 aromatic carbocycles. The van der Waals surface area contributed by atoms with E-state index in [1.54, 1.807) is 25.3 Å². The van der Waals surface area contributed by atoms with Crippen LogP contribution in [0.3, 0.4) is 0 Å². The van der Waals surface area contributed by atoms with Gasteiger partial charge in [0.1, 0.15) is 0 Å². The van der Waals surface area contributed by atoms with Crippen LogP contribution >= 0.6 is 12.4 Å². The molecule has 2 aliphatic heterocycles. The number of benzene rings is 1. The van der Waals surface area contributed by atoms with Gasteiger partial charge in [0, 0.05) is 38.2 Å². The maximum absolute atomic E-state index is 12.3. The van der Waals surface area contributed by atoms with Gasteiger partial charge in [-0.15, -0.1) is 12.4 Å². The number of halogens is 1. The van der Waals surface area contributed by atoms with E-state index in [0.29, 0.717) is 48.3 Å². The van der Waals surface area contributed by atoms with Crippen molar-refractivity contribution in [1.29, 1.82) is 0 Å². The molecule has 0 aromatic heterocycles. The number of amides is 1. The lowest BCUT2D eigenvalue weighted by Gasteiger charge is -2.17. The highest BCUT2D eigenvalue weighted by Crippen LogP contribution is 2.29. The highest BCUT2D eigenvalue weighted by atomic mass is 35.5. The Morgan fingerprint density at radius 1 is 1.19 bits per heavy atom. The van der Waals surface area contributed by atoms with Crippen molar-refractivity contribution in [2.24, 2.45) is 11.8 Å². The number of hydrogen-bond acceptors (Lipinski definition) is 5. The average Bonchev–Trinajstić information content (AvgIpc) is 3.20. The Labute approximate surface area is 160 Å². The monoisotopic (exact) mass is 382 g/mol. The first-order valence-electron chi connectivity index (χ1n) is 8.88. The summed E-state index contributed by atoms with van der Waals surface area (Å²) >= 11 is 0. The zero-order valence-electron chi connectivity index (χ0n) is 15.3. The number of carbonyl (C=O) groups is 2. The molecule has 0 unspecified atom stereocenters. The Hall–Kier alpha value is -1.79. The van der Waals surface area contributed by atoms with Crippen molar-refractivity contribution in [2.45, 2.75) is 19.8 Å². The molecule has 0 saturated carbocycles. The third kappa shape index (κ3) is 4.68. The minimum Gasteiger partial charge on any atom is -0.493 e. The minimum atomic E-state index is -0.0129. The van der Waals surface area contributed by atoms with Crippen LogP contribution in [0, 0.1) is 11.8 Å². The Balaban J connectivity index is 0.00000243. The first-order chi connectivity index (χ1) is 12.1. The fourth-order valence-electron chi connectivity index (χ4n) is 3.63. The summed E-state index contributed by atoms with van der Waals surface area (Å²) in [6.07, 6.45) is 1.17. The molecule has 0 spiro atoms. The largest absolute Gasteiger partial charge is 0.493 e. The maximum Gasteiger partial charge on any atom is 0.222 e. The van der Waals surface area contributed by atoms with Gasteiger partial charge in [0.25, 0.3) is 0 Å². The number of methoxy groups -OCH3 is 1. The molecule has 2 fully saturated rings.